The lowest BCUT2D eigenvalue weighted by molar-refractivity contribution is 0.482. The third kappa shape index (κ3) is 2.65. The molecule has 5 heteroatoms. The largest absolute Gasteiger partial charge is 0.457 e. The number of ether oxygens (including phenoxy) is 1. The summed E-state index contributed by atoms with van der Waals surface area (Å²) in [5.74, 6) is 1.11. The van der Waals surface area contributed by atoms with Gasteiger partial charge in [0.1, 0.15) is 22.7 Å². The van der Waals surface area contributed by atoms with E-state index in [1.807, 2.05) is 6.07 Å². The van der Waals surface area contributed by atoms with Crippen molar-refractivity contribution >= 4 is 17.3 Å². The summed E-state index contributed by atoms with van der Waals surface area (Å²) in [4.78, 5) is 3.84. The first-order valence-electron chi connectivity index (χ1n) is 4.78. The van der Waals surface area contributed by atoms with Gasteiger partial charge < -0.3 is 10.5 Å². The van der Waals surface area contributed by atoms with Gasteiger partial charge in [0.25, 0.3) is 0 Å². The monoisotopic (exact) mass is 245 g/mol. The van der Waals surface area contributed by atoms with Crippen LogP contribution in [0.3, 0.4) is 0 Å². The SMILES string of the molecule is N#Cc1ccc(Oc2ccnc(Cl)c2)cc1N. The van der Waals surface area contributed by atoms with Gasteiger partial charge in [0, 0.05) is 18.3 Å². The number of hydrogen-bond acceptors (Lipinski definition) is 4. The fraction of sp³-hybridized carbons (Fsp3) is 0. The Hall–Kier alpha value is -2.25. The smallest absolute Gasteiger partial charge is 0.132 e. The van der Waals surface area contributed by atoms with E-state index in [9.17, 15) is 0 Å². The van der Waals surface area contributed by atoms with Crippen LogP contribution in [0, 0.1) is 11.3 Å². The summed E-state index contributed by atoms with van der Waals surface area (Å²) in [5, 5.41) is 9.09. The van der Waals surface area contributed by atoms with Crippen LogP contribution in [0.25, 0.3) is 0 Å². The van der Waals surface area contributed by atoms with Gasteiger partial charge >= 0.3 is 0 Å². The number of nitriles is 1. The molecule has 0 aliphatic heterocycles. The fourth-order valence-corrected chi connectivity index (χ4v) is 1.45. The number of aromatic nitrogens is 1. The van der Waals surface area contributed by atoms with E-state index in [4.69, 9.17) is 27.3 Å². The molecule has 0 fully saturated rings. The molecule has 1 aromatic carbocycles. The number of benzene rings is 1. The first-order chi connectivity index (χ1) is 8.19. The predicted octanol–water partition coefficient (Wildman–Crippen LogP) is 2.98. The maximum atomic E-state index is 8.74. The van der Waals surface area contributed by atoms with Crippen LogP contribution < -0.4 is 10.5 Å². The van der Waals surface area contributed by atoms with Crippen LogP contribution in [0.1, 0.15) is 5.56 Å². The van der Waals surface area contributed by atoms with E-state index in [0.29, 0.717) is 27.9 Å². The molecule has 0 aliphatic carbocycles. The maximum absolute atomic E-state index is 8.74. The average molecular weight is 246 g/mol. The molecule has 2 aromatic rings. The Morgan fingerprint density at radius 2 is 2.00 bits per heavy atom. The second kappa shape index (κ2) is 4.73. The summed E-state index contributed by atoms with van der Waals surface area (Å²) in [5.41, 5.74) is 6.48. The molecule has 0 atom stereocenters. The van der Waals surface area contributed by atoms with Crippen LogP contribution in [-0.4, -0.2) is 4.98 Å². The van der Waals surface area contributed by atoms with Gasteiger partial charge in [-0.25, -0.2) is 4.98 Å². The van der Waals surface area contributed by atoms with Crippen molar-refractivity contribution in [3.05, 3.63) is 47.2 Å². The number of rotatable bonds is 2. The van der Waals surface area contributed by atoms with Crippen molar-refractivity contribution in [1.29, 1.82) is 5.26 Å². The van der Waals surface area contributed by atoms with Crippen molar-refractivity contribution in [1.82, 2.24) is 4.98 Å². The Bertz CT molecular complexity index is 593. The highest BCUT2D eigenvalue weighted by atomic mass is 35.5. The first-order valence-corrected chi connectivity index (χ1v) is 5.16. The van der Waals surface area contributed by atoms with Gasteiger partial charge in [-0.05, 0) is 18.2 Å². The van der Waals surface area contributed by atoms with Gasteiger partial charge in [0.15, 0.2) is 0 Å². The molecule has 17 heavy (non-hydrogen) atoms. The van der Waals surface area contributed by atoms with Crippen LogP contribution in [0.15, 0.2) is 36.5 Å². The maximum Gasteiger partial charge on any atom is 0.132 e. The Kier molecular flexibility index (Phi) is 3.12. The quantitative estimate of drug-likeness (QED) is 0.652. The Labute approximate surface area is 103 Å². The lowest BCUT2D eigenvalue weighted by Crippen LogP contribution is -1.92. The molecule has 1 heterocycles. The molecule has 0 aliphatic rings. The molecule has 0 saturated heterocycles. The van der Waals surface area contributed by atoms with E-state index < -0.39 is 0 Å². The summed E-state index contributed by atoms with van der Waals surface area (Å²) in [6, 6.07) is 10.1. The molecule has 0 bridgehead atoms. The highest BCUT2D eigenvalue weighted by Crippen LogP contribution is 2.25. The van der Waals surface area contributed by atoms with Gasteiger partial charge in [-0.1, -0.05) is 11.6 Å². The van der Waals surface area contributed by atoms with Gasteiger partial charge in [-0.2, -0.15) is 5.26 Å². The van der Waals surface area contributed by atoms with Crippen molar-refractivity contribution in [2.24, 2.45) is 0 Å². The summed E-state index contributed by atoms with van der Waals surface area (Å²) in [7, 11) is 0. The van der Waals surface area contributed by atoms with Crippen LogP contribution in [0.2, 0.25) is 5.15 Å². The zero-order valence-corrected chi connectivity index (χ0v) is 9.48. The lowest BCUT2D eigenvalue weighted by atomic mass is 10.2. The number of nitrogens with two attached hydrogens (primary N) is 1. The van der Waals surface area contributed by atoms with Gasteiger partial charge in [-0.3, -0.25) is 0 Å². The molecule has 0 spiro atoms. The zero-order chi connectivity index (χ0) is 12.3. The Morgan fingerprint density at radius 1 is 1.24 bits per heavy atom. The van der Waals surface area contributed by atoms with Crippen molar-refractivity contribution in [3.63, 3.8) is 0 Å². The molecule has 0 unspecified atom stereocenters. The molecule has 4 nitrogen and oxygen atoms in total. The number of hydrogen-bond donors (Lipinski definition) is 1. The van der Waals surface area contributed by atoms with E-state index in [1.165, 1.54) is 0 Å². The van der Waals surface area contributed by atoms with Gasteiger partial charge in [0.2, 0.25) is 0 Å². The summed E-state index contributed by atoms with van der Waals surface area (Å²) in [6.07, 6.45) is 1.55. The molecule has 1 aromatic heterocycles. The second-order valence-corrected chi connectivity index (χ2v) is 3.66. The normalized spacial score (nSPS) is 9.65. The third-order valence-corrected chi connectivity index (χ3v) is 2.28. The summed E-state index contributed by atoms with van der Waals surface area (Å²) in [6.45, 7) is 0. The van der Waals surface area contributed by atoms with E-state index in [2.05, 4.69) is 4.98 Å². The second-order valence-electron chi connectivity index (χ2n) is 3.28. The van der Waals surface area contributed by atoms with Crippen LogP contribution >= 0.6 is 11.6 Å². The van der Waals surface area contributed by atoms with E-state index in [1.54, 1.807) is 36.5 Å². The summed E-state index contributed by atoms with van der Waals surface area (Å²) < 4.78 is 5.53. The highest BCUT2D eigenvalue weighted by molar-refractivity contribution is 6.29. The van der Waals surface area contributed by atoms with Crippen molar-refractivity contribution in [2.45, 2.75) is 0 Å². The van der Waals surface area contributed by atoms with Crippen LogP contribution in [-0.2, 0) is 0 Å². The minimum Gasteiger partial charge on any atom is -0.457 e. The minimum atomic E-state index is 0.351. The molecular weight excluding hydrogens is 238 g/mol. The zero-order valence-electron chi connectivity index (χ0n) is 8.72. The predicted molar refractivity (Wildman–Crippen MR) is 64.9 cm³/mol. The molecular formula is C12H8ClN3O. The fourth-order valence-electron chi connectivity index (χ4n) is 1.29. The van der Waals surface area contributed by atoms with Crippen molar-refractivity contribution < 1.29 is 4.74 Å². The van der Waals surface area contributed by atoms with Crippen molar-refractivity contribution in [3.8, 4) is 17.6 Å². The standard InChI is InChI=1S/C12H8ClN3O/c13-12-6-10(3-4-16-12)17-9-2-1-8(7-14)11(15)5-9/h1-6H,15H2. The molecule has 2 rings (SSSR count). The average Bonchev–Trinajstić information content (AvgIpc) is 2.29. The minimum absolute atomic E-state index is 0.351. The number of nitrogen functional groups attached to an aromatic ring is 1. The molecule has 84 valence electrons. The third-order valence-electron chi connectivity index (χ3n) is 2.08. The van der Waals surface area contributed by atoms with Crippen LogP contribution in [0.4, 0.5) is 5.69 Å². The molecule has 0 amide bonds. The number of pyridine rings is 1. The van der Waals surface area contributed by atoms with Gasteiger partial charge in [-0.15, -0.1) is 0 Å². The first kappa shape index (κ1) is 11.2. The topological polar surface area (TPSA) is 71.9 Å². The highest BCUT2D eigenvalue weighted by Gasteiger charge is 2.02. The Morgan fingerprint density at radius 3 is 2.65 bits per heavy atom. The van der Waals surface area contributed by atoms with Gasteiger partial charge in [0.05, 0.1) is 11.3 Å². The molecule has 2 N–H and O–H groups in total. The van der Waals surface area contributed by atoms with Crippen LogP contribution in [0.5, 0.6) is 11.5 Å². The summed E-state index contributed by atoms with van der Waals surface area (Å²) >= 11 is 5.73. The van der Waals surface area contributed by atoms with E-state index >= 15 is 0 Å². The number of halogens is 1. The Balaban J connectivity index is 2.25. The van der Waals surface area contributed by atoms with E-state index in [-0.39, 0.29) is 0 Å². The number of anilines is 1. The molecule has 0 saturated carbocycles. The van der Waals surface area contributed by atoms with E-state index in [0.717, 1.165) is 0 Å². The molecule has 0 radical (unpaired) electrons. The number of nitrogens with zero attached hydrogens (tertiary/aromatic N) is 2. The lowest BCUT2D eigenvalue weighted by Gasteiger charge is -2.06. The van der Waals surface area contributed by atoms with Crippen molar-refractivity contribution in [2.75, 3.05) is 5.73 Å².